The molecule has 2 rings (SSSR count). The maximum atomic E-state index is 11.7. The van der Waals surface area contributed by atoms with Crippen molar-refractivity contribution in [2.75, 3.05) is 26.9 Å². The van der Waals surface area contributed by atoms with E-state index < -0.39 is 0 Å². The third-order valence-corrected chi connectivity index (χ3v) is 3.01. The van der Waals surface area contributed by atoms with Gasteiger partial charge in [-0.05, 0) is 30.7 Å². The highest BCUT2D eigenvalue weighted by molar-refractivity contribution is 5.77. The monoisotopic (exact) mass is 278 g/mol. The van der Waals surface area contributed by atoms with E-state index in [-0.39, 0.29) is 12.7 Å². The van der Waals surface area contributed by atoms with Crippen LogP contribution in [0.5, 0.6) is 11.5 Å². The van der Waals surface area contributed by atoms with Crippen LogP contribution < -0.4 is 14.8 Å². The lowest BCUT2D eigenvalue weighted by Gasteiger charge is -2.17. The Morgan fingerprint density at radius 3 is 2.85 bits per heavy atom. The number of fused-ring (bicyclic) bond motifs is 1. The number of nitrogens with zero attached hydrogens (tertiary/aromatic N) is 1. The lowest BCUT2D eigenvalue weighted by molar-refractivity contribution is -0.122. The first kappa shape index (κ1) is 14.7. The molecule has 0 aliphatic carbocycles. The van der Waals surface area contributed by atoms with E-state index in [4.69, 9.17) is 9.47 Å². The van der Waals surface area contributed by atoms with E-state index in [0.29, 0.717) is 19.0 Å². The van der Waals surface area contributed by atoms with Gasteiger partial charge in [-0.15, -0.1) is 0 Å². The number of carbonyl (C=O) groups is 1. The summed E-state index contributed by atoms with van der Waals surface area (Å²) in [4.78, 5) is 13.7. The van der Waals surface area contributed by atoms with E-state index >= 15 is 0 Å². The first-order valence-corrected chi connectivity index (χ1v) is 6.88. The second-order valence-corrected chi connectivity index (χ2v) is 5.56. The van der Waals surface area contributed by atoms with Gasteiger partial charge in [-0.25, -0.2) is 0 Å². The fraction of sp³-hybridized carbons (Fsp3) is 0.533. The summed E-state index contributed by atoms with van der Waals surface area (Å²) in [7, 11) is 1.93. The van der Waals surface area contributed by atoms with E-state index in [1.807, 2.05) is 30.1 Å². The van der Waals surface area contributed by atoms with Crippen LogP contribution in [0.2, 0.25) is 0 Å². The van der Waals surface area contributed by atoms with Crippen molar-refractivity contribution >= 4 is 5.91 Å². The highest BCUT2D eigenvalue weighted by Crippen LogP contribution is 2.32. The minimum absolute atomic E-state index is 0.0574. The predicted octanol–water partition coefficient (Wildman–Crippen LogP) is 1.62. The molecule has 0 saturated carbocycles. The largest absolute Gasteiger partial charge is 0.454 e. The minimum Gasteiger partial charge on any atom is -0.454 e. The van der Waals surface area contributed by atoms with Crippen molar-refractivity contribution in [1.82, 2.24) is 10.2 Å². The van der Waals surface area contributed by atoms with Crippen molar-refractivity contribution < 1.29 is 14.3 Å². The summed E-state index contributed by atoms with van der Waals surface area (Å²) in [5.41, 5.74) is 1.11. The second kappa shape index (κ2) is 6.61. The first-order chi connectivity index (χ1) is 9.54. The SMILES string of the molecule is CC(C)CNC(=O)CN(C)Cc1ccc2c(c1)OCO2. The Kier molecular flexibility index (Phi) is 4.84. The molecule has 5 nitrogen and oxygen atoms in total. The molecule has 0 aromatic heterocycles. The number of carbonyl (C=O) groups excluding carboxylic acids is 1. The van der Waals surface area contributed by atoms with Gasteiger partial charge in [0.15, 0.2) is 11.5 Å². The fourth-order valence-corrected chi connectivity index (χ4v) is 2.03. The van der Waals surface area contributed by atoms with Gasteiger partial charge >= 0.3 is 0 Å². The maximum Gasteiger partial charge on any atom is 0.234 e. The van der Waals surface area contributed by atoms with Gasteiger partial charge in [-0.2, -0.15) is 0 Å². The summed E-state index contributed by atoms with van der Waals surface area (Å²) in [6.07, 6.45) is 0. The molecule has 1 amide bonds. The van der Waals surface area contributed by atoms with Crippen LogP contribution in [0.4, 0.5) is 0 Å². The number of hydrogen-bond acceptors (Lipinski definition) is 4. The third kappa shape index (κ3) is 4.13. The summed E-state index contributed by atoms with van der Waals surface area (Å²) < 4.78 is 10.6. The van der Waals surface area contributed by atoms with Crippen LogP contribution in [0, 0.1) is 5.92 Å². The number of amides is 1. The lowest BCUT2D eigenvalue weighted by Crippen LogP contribution is -2.36. The Hall–Kier alpha value is -1.75. The van der Waals surface area contributed by atoms with Gasteiger partial charge in [0.1, 0.15) is 0 Å². The van der Waals surface area contributed by atoms with Crippen LogP contribution in [0.15, 0.2) is 18.2 Å². The predicted molar refractivity (Wildman–Crippen MR) is 76.7 cm³/mol. The lowest BCUT2D eigenvalue weighted by atomic mass is 10.2. The Morgan fingerprint density at radius 1 is 1.35 bits per heavy atom. The second-order valence-electron chi connectivity index (χ2n) is 5.56. The molecule has 1 aliphatic heterocycles. The van der Waals surface area contributed by atoms with Gasteiger partial charge in [0.2, 0.25) is 12.7 Å². The average molecular weight is 278 g/mol. The van der Waals surface area contributed by atoms with Crippen molar-refractivity contribution in [3.8, 4) is 11.5 Å². The average Bonchev–Trinajstić information content (AvgIpc) is 2.83. The molecular weight excluding hydrogens is 256 g/mol. The number of benzene rings is 1. The molecule has 0 radical (unpaired) electrons. The van der Waals surface area contributed by atoms with Crippen molar-refractivity contribution in [1.29, 1.82) is 0 Å². The molecule has 110 valence electrons. The van der Waals surface area contributed by atoms with Gasteiger partial charge in [-0.1, -0.05) is 19.9 Å². The molecule has 1 N–H and O–H groups in total. The molecule has 20 heavy (non-hydrogen) atoms. The van der Waals surface area contributed by atoms with Gasteiger partial charge in [0.05, 0.1) is 6.54 Å². The zero-order chi connectivity index (χ0) is 14.5. The molecule has 0 spiro atoms. The zero-order valence-electron chi connectivity index (χ0n) is 12.3. The van der Waals surface area contributed by atoms with Gasteiger partial charge in [-0.3, -0.25) is 9.69 Å². The highest BCUT2D eigenvalue weighted by atomic mass is 16.7. The molecule has 0 saturated heterocycles. The fourth-order valence-electron chi connectivity index (χ4n) is 2.03. The topological polar surface area (TPSA) is 50.8 Å². The number of likely N-dealkylation sites (N-methyl/N-ethyl adjacent to an activating group) is 1. The van der Waals surface area contributed by atoms with Crippen LogP contribution >= 0.6 is 0 Å². The van der Waals surface area contributed by atoms with E-state index in [1.54, 1.807) is 0 Å². The van der Waals surface area contributed by atoms with Crippen molar-refractivity contribution in [2.24, 2.45) is 5.92 Å². The van der Waals surface area contributed by atoms with Gasteiger partial charge in [0.25, 0.3) is 0 Å². The van der Waals surface area contributed by atoms with Crippen molar-refractivity contribution in [3.05, 3.63) is 23.8 Å². The van der Waals surface area contributed by atoms with E-state index in [2.05, 4.69) is 19.2 Å². The van der Waals surface area contributed by atoms with E-state index in [1.165, 1.54) is 0 Å². The summed E-state index contributed by atoms with van der Waals surface area (Å²) in [6, 6.07) is 5.87. The maximum absolute atomic E-state index is 11.7. The molecule has 0 unspecified atom stereocenters. The number of hydrogen-bond donors (Lipinski definition) is 1. The summed E-state index contributed by atoms with van der Waals surface area (Å²) in [5.74, 6) is 2.09. The quantitative estimate of drug-likeness (QED) is 0.859. The molecule has 0 atom stereocenters. The van der Waals surface area contributed by atoms with Gasteiger partial charge in [0, 0.05) is 13.1 Å². The Bertz CT molecular complexity index is 474. The number of ether oxygens (including phenoxy) is 2. The Balaban J connectivity index is 1.82. The number of nitrogens with one attached hydrogen (secondary N) is 1. The van der Waals surface area contributed by atoms with Gasteiger partial charge < -0.3 is 14.8 Å². The van der Waals surface area contributed by atoms with E-state index in [9.17, 15) is 4.79 Å². The Morgan fingerprint density at radius 2 is 2.10 bits per heavy atom. The molecule has 1 heterocycles. The summed E-state index contributed by atoms with van der Waals surface area (Å²) in [5, 5.41) is 2.92. The van der Waals surface area contributed by atoms with Crippen molar-refractivity contribution in [3.63, 3.8) is 0 Å². The smallest absolute Gasteiger partial charge is 0.234 e. The molecule has 0 bridgehead atoms. The molecule has 1 aliphatic rings. The molecule has 1 aromatic carbocycles. The standard InChI is InChI=1S/C15H22N2O3/c1-11(2)7-16-15(18)9-17(3)8-12-4-5-13-14(6-12)20-10-19-13/h4-6,11H,7-10H2,1-3H3,(H,16,18). The van der Waals surface area contributed by atoms with E-state index in [0.717, 1.165) is 23.6 Å². The van der Waals surface area contributed by atoms with Crippen LogP contribution in [0.3, 0.4) is 0 Å². The highest BCUT2D eigenvalue weighted by Gasteiger charge is 2.14. The molecule has 1 aromatic rings. The normalized spacial score (nSPS) is 13.1. The number of rotatable bonds is 6. The minimum atomic E-state index is 0.0574. The summed E-state index contributed by atoms with van der Waals surface area (Å²) >= 11 is 0. The zero-order valence-corrected chi connectivity index (χ0v) is 12.3. The molecule has 0 fully saturated rings. The van der Waals surface area contributed by atoms with Crippen LogP contribution in [0.1, 0.15) is 19.4 Å². The van der Waals surface area contributed by atoms with Crippen LogP contribution in [-0.2, 0) is 11.3 Å². The Labute approximate surface area is 119 Å². The third-order valence-electron chi connectivity index (χ3n) is 3.01. The summed E-state index contributed by atoms with van der Waals surface area (Å²) in [6.45, 7) is 6.25. The first-order valence-electron chi connectivity index (χ1n) is 6.88. The van der Waals surface area contributed by atoms with Crippen LogP contribution in [0.25, 0.3) is 0 Å². The molecule has 5 heteroatoms. The van der Waals surface area contributed by atoms with Crippen molar-refractivity contribution in [2.45, 2.75) is 20.4 Å². The van der Waals surface area contributed by atoms with Crippen LogP contribution in [-0.4, -0.2) is 37.7 Å². The molecular formula is C15H22N2O3.